The van der Waals surface area contributed by atoms with E-state index in [1.807, 2.05) is 0 Å². The van der Waals surface area contributed by atoms with Crippen LogP contribution in [-0.2, 0) is 25.5 Å². The first kappa shape index (κ1) is 20.4. The minimum atomic E-state index is -1.17. The van der Waals surface area contributed by atoms with Gasteiger partial charge >= 0.3 is 19.1 Å². The number of Topliss-reactive ketones (excluding diaryl/α,β-unsaturated/α-hetero) is 1. The van der Waals surface area contributed by atoms with Crippen LogP contribution in [-0.4, -0.2) is 36.7 Å². The molecule has 28 heavy (non-hydrogen) atoms. The summed E-state index contributed by atoms with van der Waals surface area (Å²) in [4.78, 5) is 36.0. The lowest BCUT2D eigenvalue weighted by Crippen LogP contribution is -2.35. The second-order valence-corrected chi connectivity index (χ2v) is 7.36. The van der Waals surface area contributed by atoms with Crippen molar-refractivity contribution in [3.63, 3.8) is 0 Å². The first-order valence-corrected chi connectivity index (χ1v) is 9.81. The summed E-state index contributed by atoms with van der Waals surface area (Å²) in [7, 11) is -1.17. The third-order valence-corrected chi connectivity index (χ3v) is 5.40. The van der Waals surface area contributed by atoms with Gasteiger partial charge in [0.05, 0.1) is 5.92 Å². The summed E-state index contributed by atoms with van der Waals surface area (Å²) < 4.78 is 15.7. The Morgan fingerprint density at radius 1 is 1.21 bits per heavy atom. The largest absolute Gasteiger partial charge is 0.535 e. The highest BCUT2D eigenvalue weighted by Crippen LogP contribution is 2.36. The van der Waals surface area contributed by atoms with E-state index in [9.17, 15) is 19.4 Å². The molecule has 1 fully saturated rings. The Hall–Kier alpha value is -2.35. The molecule has 150 valence electrons. The lowest BCUT2D eigenvalue weighted by Gasteiger charge is -2.28. The Bertz CT molecular complexity index is 742. The maximum Gasteiger partial charge on any atom is 0.526 e. The molecule has 0 unspecified atom stereocenters. The van der Waals surface area contributed by atoms with Crippen LogP contribution < -0.4 is 4.65 Å². The van der Waals surface area contributed by atoms with Crippen LogP contribution in [0.3, 0.4) is 0 Å². The van der Waals surface area contributed by atoms with Gasteiger partial charge in [0, 0.05) is 18.7 Å². The first-order chi connectivity index (χ1) is 13.5. The maximum absolute atomic E-state index is 12.4. The number of hydrogen-bond donors (Lipinski definition) is 1. The van der Waals surface area contributed by atoms with Gasteiger partial charge < -0.3 is 19.2 Å². The van der Waals surface area contributed by atoms with Crippen molar-refractivity contribution in [1.82, 2.24) is 0 Å². The molecule has 2 aliphatic rings. The molecule has 8 heteroatoms. The van der Waals surface area contributed by atoms with Gasteiger partial charge in [0.25, 0.3) is 0 Å². The van der Waals surface area contributed by atoms with E-state index in [1.165, 1.54) is 6.07 Å². The monoisotopic (exact) mass is 388 g/mol. The van der Waals surface area contributed by atoms with Crippen LogP contribution in [0.1, 0.15) is 61.4 Å². The summed E-state index contributed by atoms with van der Waals surface area (Å²) in [6.07, 6.45) is 4.71. The van der Waals surface area contributed by atoms with Crippen molar-refractivity contribution in [3.05, 3.63) is 29.3 Å². The van der Waals surface area contributed by atoms with Gasteiger partial charge in [-0.05, 0) is 30.9 Å². The molecular weight excluding hydrogens is 363 g/mol. The van der Waals surface area contributed by atoms with Crippen LogP contribution >= 0.6 is 0 Å². The number of para-hydroxylation sites is 1. The normalized spacial score (nSPS) is 18.9. The zero-order valence-electron chi connectivity index (χ0n) is 16.0. The van der Waals surface area contributed by atoms with Gasteiger partial charge in [0.1, 0.15) is 17.1 Å². The minimum absolute atomic E-state index is 0.0516. The first-order valence-electron chi connectivity index (χ1n) is 9.81. The van der Waals surface area contributed by atoms with E-state index in [4.69, 9.17) is 14.1 Å². The molecule has 0 bridgehead atoms. The molecule has 0 aromatic heterocycles. The van der Waals surface area contributed by atoms with Gasteiger partial charge in [-0.25, -0.2) is 4.79 Å². The Morgan fingerprint density at radius 3 is 2.68 bits per heavy atom. The van der Waals surface area contributed by atoms with E-state index in [1.54, 1.807) is 19.1 Å². The maximum atomic E-state index is 12.4. The highest BCUT2D eigenvalue weighted by atomic mass is 16.7. The average Bonchev–Trinajstić information content (AvgIpc) is 3.22. The second-order valence-electron chi connectivity index (χ2n) is 7.36. The minimum Gasteiger partial charge on any atom is -0.535 e. The summed E-state index contributed by atoms with van der Waals surface area (Å²) in [5.41, 5.74) is 0.894. The van der Waals surface area contributed by atoms with Crippen LogP contribution in [0.15, 0.2) is 18.2 Å². The van der Waals surface area contributed by atoms with Crippen molar-refractivity contribution < 1.29 is 33.5 Å². The van der Waals surface area contributed by atoms with Crippen molar-refractivity contribution in [2.24, 2.45) is 5.92 Å². The summed E-state index contributed by atoms with van der Waals surface area (Å²) in [5.74, 6) is -1.18. The molecular formula is C20H25BO7. The summed E-state index contributed by atoms with van der Waals surface area (Å²) >= 11 is 0. The third kappa shape index (κ3) is 4.73. The molecule has 1 aromatic rings. The van der Waals surface area contributed by atoms with Crippen LogP contribution in [0.25, 0.3) is 0 Å². The van der Waals surface area contributed by atoms with Crippen LogP contribution in [0.5, 0.6) is 5.75 Å². The topological polar surface area (TPSA) is 99.1 Å². The molecule has 0 radical (unpaired) electrons. The highest BCUT2D eigenvalue weighted by molar-refractivity contribution is 6.47. The summed E-state index contributed by atoms with van der Waals surface area (Å²) in [6, 6.07) is 5.02. The van der Waals surface area contributed by atoms with Gasteiger partial charge in [-0.3, -0.25) is 9.59 Å². The van der Waals surface area contributed by atoms with Crippen molar-refractivity contribution in [1.29, 1.82) is 0 Å². The molecule has 1 heterocycles. The Labute approximate surface area is 164 Å². The number of rotatable bonds is 7. The Morgan fingerprint density at radius 2 is 1.96 bits per heavy atom. The van der Waals surface area contributed by atoms with E-state index >= 15 is 0 Å². The number of ketones is 1. The van der Waals surface area contributed by atoms with Gasteiger partial charge in [0.2, 0.25) is 6.79 Å². The number of carbonyl (C=O) groups excluding carboxylic acids is 3. The smallest absolute Gasteiger partial charge is 0.526 e. The fourth-order valence-electron chi connectivity index (χ4n) is 3.75. The molecule has 1 aliphatic carbocycles. The molecule has 7 nitrogen and oxygen atoms in total. The predicted octanol–water partition coefficient (Wildman–Crippen LogP) is 2.69. The second kappa shape index (κ2) is 9.23. The van der Waals surface area contributed by atoms with Gasteiger partial charge in [-0.15, -0.1) is 0 Å². The SMILES string of the molecule is CCC(=O)C[C@H]1Cc2cccc(C(=O)OCOC(=O)C3CCCC3)c2OB1O. The summed E-state index contributed by atoms with van der Waals surface area (Å²) in [6.45, 7) is 1.33. The van der Waals surface area contributed by atoms with Crippen molar-refractivity contribution in [3.8, 4) is 5.75 Å². The summed E-state index contributed by atoms with van der Waals surface area (Å²) in [5, 5.41) is 10.2. The van der Waals surface area contributed by atoms with E-state index in [2.05, 4.69) is 0 Å². The number of carbonyl (C=O) groups is 3. The predicted molar refractivity (Wildman–Crippen MR) is 101 cm³/mol. The highest BCUT2D eigenvalue weighted by Gasteiger charge is 2.37. The molecule has 3 rings (SSSR count). The fraction of sp³-hybridized carbons (Fsp3) is 0.550. The molecule has 1 aromatic carbocycles. The fourth-order valence-corrected chi connectivity index (χ4v) is 3.75. The number of esters is 2. The lowest BCUT2D eigenvalue weighted by molar-refractivity contribution is -0.156. The number of benzene rings is 1. The molecule has 1 atom stereocenters. The van der Waals surface area contributed by atoms with Crippen LogP contribution in [0.2, 0.25) is 5.82 Å². The van der Waals surface area contributed by atoms with Crippen molar-refractivity contribution in [2.75, 3.05) is 6.79 Å². The van der Waals surface area contributed by atoms with Crippen molar-refractivity contribution >= 4 is 24.8 Å². The van der Waals surface area contributed by atoms with E-state index in [-0.39, 0.29) is 41.2 Å². The zero-order valence-corrected chi connectivity index (χ0v) is 16.0. The standard InChI is InChI=1S/C20H25BO7/c1-2-16(22)11-15-10-14-8-5-9-17(18(14)28-21(15)25)20(24)27-12-26-19(23)13-6-3-4-7-13/h5,8-9,13,15,25H,2-4,6-7,10-12H2,1H3/t15-/m1/s1. The molecule has 1 N–H and O–H groups in total. The van der Waals surface area contributed by atoms with Crippen LogP contribution in [0, 0.1) is 5.92 Å². The van der Waals surface area contributed by atoms with Crippen LogP contribution in [0.4, 0.5) is 0 Å². The molecule has 0 amide bonds. The molecule has 1 aliphatic heterocycles. The number of ether oxygens (including phenoxy) is 2. The number of hydrogen-bond acceptors (Lipinski definition) is 7. The number of fused-ring (bicyclic) bond motifs is 1. The van der Waals surface area contributed by atoms with Gasteiger partial charge in [-0.1, -0.05) is 31.9 Å². The third-order valence-electron chi connectivity index (χ3n) is 5.40. The molecule has 0 spiro atoms. The van der Waals surface area contributed by atoms with Gasteiger partial charge in [-0.2, -0.15) is 0 Å². The zero-order chi connectivity index (χ0) is 20.1. The van der Waals surface area contributed by atoms with Gasteiger partial charge in [0.15, 0.2) is 0 Å². The molecule has 0 saturated heterocycles. The average molecular weight is 388 g/mol. The van der Waals surface area contributed by atoms with E-state index < -0.39 is 19.9 Å². The van der Waals surface area contributed by atoms with E-state index in [0.29, 0.717) is 12.8 Å². The Balaban J connectivity index is 1.60. The van der Waals surface area contributed by atoms with Crippen molar-refractivity contribution in [2.45, 2.75) is 57.7 Å². The quantitative estimate of drug-likeness (QED) is 0.436. The molecule has 1 saturated carbocycles. The lowest BCUT2D eigenvalue weighted by atomic mass is 9.64. The van der Waals surface area contributed by atoms with E-state index in [0.717, 1.165) is 31.2 Å². The Kier molecular flexibility index (Phi) is 6.72.